The summed E-state index contributed by atoms with van der Waals surface area (Å²) in [7, 11) is 1.68. The van der Waals surface area contributed by atoms with Crippen LogP contribution in [0.1, 0.15) is 29.0 Å². The van der Waals surface area contributed by atoms with Crippen molar-refractivity contribution in [1.82, 2.24) is 10.1 Å². The fourth-order valence-electron chi connectivity index (χ4n) is 3.71. The number of methoxy groups -OCH3 is 1. The van der Waals surface area contributed by atoms with Gasteiger partial charge in [-0.25, -0.2) is 0 Å². The number of benzene rings is 2. The molecule has 1 fully saturated rings. The third-order valence-corrected chi connectivity index (χ3v) is 5.38. The van der Waals surface area contributed by atoms with Gasteiger partial charge in [0.2, 0.25) is 5.76 Å². The van der Waals surface area contributed by atoms with E-state index in [1.54, 1.807) is 13.2 Å². The van der Waals surface area contributed by atoms with E-state index in [1.165, 1.54) is 5.56 Å². The lowest BCUT2D eigenvalue weighted by Gasteiger charge is -2.31. The summed E-state index contributed by atoms with van der Waals surface area (Å²) in [4.78, 5) is 14.6. The number of nitrogens with zero attached hydrogens (tertiary/aromatic N) is 2. The molecular formula is C23H24N2O3. The van der Waals surface area contributed by atoms with Gasteiger partial charge in [0.1, 0.15) is 11.4 Å². The zero-order chi connectivity index (χ0) is 19.3. The Morgan fingerprint density at radius 1 is 1.11 bits per heavy atom. The van der Waals surface area contributed by atoms with E-state index in [4.69, 9.17) is 9.26 Å². The van der Waals surface area contributed by atoms with E-state index >= 15 is 0 Å². The third kappa shape index (κ3) is 4.09. The number of carbonyl (C=O) groups is 1. The second-order valence-corrected chi connectivity index (χ2v) is 7.23. The van der Waals surface area contributed by atoms with Gasteiger partial charge in [0.25, 0.3) is 5.91 Å². The number of piperidine rings is 1. The normalized spacial score (nSPS) is 14.8. The van der Waals surface area contributed by atoms with E-state index in [0.717, 1.165) is 43.7 Å². The molecule has 144 valence electrons. The van der Waals surface area contributed by atoms with Crippen LogP contribution in [0.15, 0.2) is 65.2 Å². The van der Waals surface area contributed by atoms with Crippen LogP contribution in [0.3, 0.4) is 0 Å². The van der Waals surface area contributed by atoms with Crippen LogP contribution in [0.2, 0.25) is 0 Å². The zero-order valence-corrected chi connectivity index (χ0v) is 16.0. The summed E-state index contributed by atoms with van der Waals surface area (Å²) < 4.78 is 10.5. The van der Waals surface area contributed by atoms with Gasteiger partial charge in [-0.15, -0.1) is 0 Å². The second-order valence-electron chi connectivity index (χ2n) is 7.23. The SMILES string of the molecule is COc1ccc(CC2CCN(C(=O)c3cc(-c4ccccc4)no3)CC2)cc1. The van der Waals surface area contributed by atoms with Crippen LogP contribution in [-0.2, 0) is 6.42 Å². The fraction of sp³-hybridized carbons (Fsp3) is 0.304. The molecule has 1 aliphatic rings. The van der Waals surface area contributed by atoms with E-state index in [0.29, 0.717) is 17.4 Å². The van der Waals surface area contributed by atoms with Crippen molar-refractivity contribution in [3.63, 3.8) is 0 Å². The smallest absolute Gasteiger partial charge is 0.292 e. The highest BCUT2D eigenvalue weighted by Crippen LogP contribution is 2.25. The van der Waals surface area contributed by atoms with Crippen molar-refractivity contribution in [2.24, 2.45) is 5.92 Å². The van der Waals surface area contributed by atoms with Gasteiger partial charge in [0.05, 0.1) is 7.11 Å². The summed E-state index contributed by atoms with van der Waals surface area (Å²) in [5.41, 5.74) is 2.95. The van der Waals surface area contributed by atoms with Gasteiger partial charge >= 0.3 is 0 Å². The maximum atomic E-state index is 12.8. The molecule has 0 atom stereocenters. The van der Waals surface area contributed by atoms with Crippen LogP contribution in [0.4, 0.5) is 0 Å². The zero-order valence-electron chi connectivity index (χ0n) is 16.0. The Labute approximate surface area is 164 Å². The van der Waals surface area contributed by atoms with Gasteiger partial charge in [-0.05, 0) is 42.9 Å². The van der Waals surface area contributed by atoms with Crippen LogP contribution >= 0.6 is 0 Å². The maximum Gasteiger partial charge on any atom is 0.292 e. The molecule has 0 aliphatic carbocycles. The standard InChI is InChI=1S/C23H24N2O3/c1-27-20-9-7-17(8-10-20)15-18-11-13-25(14-12-18)23(26)22-16-21(24-28-22)19-5-3-2-4-6-19/h2-10,16,18H,11-15H2,1H3. The average molecular weight is 376 g/mol. The summed E-state index contributed by atoms with van der Waals surface area (Å²) in [5, 5.41) is 4.05. The molecule has 1 aromatic heterocycles. The average Bonchev–Trinajstić information content (AvgIpc) is 3.25. The minimum atomic E-state index is -0.0717. The largest absolute Gasteiger partial charge is 0.497 e. The second kappa shape index (κ2) is 8.30. The van der Waals surface area contributed by atoms with Gasteiger partial charge in [-0.3, -0.25) is 4.79 Å². The van der Waals surface area contributed by atoms with Crippen LogP contribution in [-0.4, -0.2) is 36.2 Å². The molecule has 1 amide bonds. The number of ether oxygens (including phenoxy) is 1. The highest BCUT2D eigenvalue weighted by Gasteiger charge is 2.26. The Morgan fingerprint density at radius 2 is 1.82 bits per heavy atom. The molecule has 1 saturated heterocycles. The molecule has 0 saturated carbocycles. The van der Waals surface area contributed by atoms with Gasteiger partial charge < -0.3 is 14.2 Å². The Hall–Kier alpha value is -3.08. The molecule has 3 aromatic rings. The molecule has 5 nitrogen and oxygen atoms in total. The predicted octanol–water partition coefficient (Wildman–Crippen LogP) is 4.45. The summed E-state index contributed by atoms with van der Waals surface area (Å²) >= 11 is 0. The topological polar surface area (TPSA) is 55.6 Å². The van der Waals surface area contributed by atoms with Gasteiger partial charge in [0, 0.05) is 24.7 Å². The number of aromatic nitrogens is 1. The van der Waals surface area contributed by atoms with Crippen molar-refractivity contribution in [2.75, 3.05) is 20.2 Å². The van der Waals surface area contributed by atoms with Crippen molar-refractivity contribution < 1.29 is 14.1 Å². The van der Waals surface area contributed by atoms with E-state index in [2.05, 4.69) is 17.3 Å². The van der Waals surface area contributed by atoms with Gasteiger partial charge in [-0.1, -0.05) is 47.6 Å². The lowest BCUT2D eigenvalue weighted by molar-refractivity contribution is 0.0649. The molecule has 4 rings (SSSR count). The van der Waals surface area contributed by atoms with Gasteiger partial charge in [0.15, 0.2) is 0 Å². The van der Waals surface area contributed by atoms with Crippen molar-refractivity contribution in [2.45, 2.75) is 19.3 Å². The number of hydrogen-bond acceptors (Lipinski definition) is 4. The van der Waals surface area contributed by atoms with Crippen molar-refractivity contribution in [1.29, 1.82) is 0 Å². The third-order valence-electron chi connectivity index (χ3n) is 5.38. The molecule has 0 N–H and O–H groups in total. The Kier molecular flexibility index (Phi) is 5.42. The summed E-state index contributed by atoms with van der Waals surface area (Å²) in [6, 6.07) is 19.7. The Balaban J connectivity index is 1.33. The van der Waals surface area contributed by atoms with Crippen molar-refractivity contribution >= 4 is 5.91 Å². The molecule has 1 aliphatic heterocycles. The van der Waals surface area contributed by atoms with Crippen LogP contribution < -0.4 is 4.74 Å². The number of amides is 1. The fourth-order valence-corrected chi connectivity index (χ4v) is 3.71. The summed E-state index contributed by atoms with van der Waals surface area (Å²) in [6.07, 6.45) is 3.03. The Bertz CT molecular complexity index is 911. The van der Waals surface area contributed by atoms with Gasteiger partial charge in [-0.2, -0.15) is 0 Å². The monoisotopic (exact) mass is 376 g/mol. The first-order valence-corrected chi connectivity index (χ1v) is 9.67. The highest BCUT2D eigenvalue weighted by atomic mass is 16.5. The first kappa shape index (κ1) is 18.3. The van der Waals surface area contributed by atoms with Crippen LogP contribution in [0, 0.1) is 5.92 Å². The number of likely N-dealkylation sites (tertiary alicyclic amines) is 1. The molecule has 5 heteroatoms. The Morgan fingerprint density at radius 3 is 2.50 bits per heavy atom. The van der Waals surface area contributed by atoms with Crippen molar-refractivity contribution in [3.05, 3.63) is 72.0 Å². The minimum Gasteiger partial charge on any atom is -0.497 e. The van der Waals surface area contributed by atoms with Crippen molar-refractivity contribution in [3.8, 4) is 17.0 Å². The van der Waals surface area contributed by atoms with E-state index in [-0.39, 0.29) is 5.91 Å². The first-order chi connectivity index (χ1) is 13.7. The molecule has 0 radical (unpaired) electrons. The van der Waals surface area contributed by atoms with E-state index < -0.39 is 0 Å². The predicted molar refractivity (Wildman–Crippen MR) is 107 cm³/mol. The van der Waals surface area contributed by atoms with E-state index in [1.807, 2.05) is 47.4 Å². The first-order valence-electron chi connectivity index (χ1n) is 9.67. The molecule has 0 bridgehead atoms. The lowest BCUT2D eigenvalue weighted by atomic mass is 9.90. The summed E-state index contributed by atoms with van der Waals surface area (Å²) in [6.45, 7) is 1.50. The quantitative estimate of drug-likeness (QED) is 0.660. The molecule has 0 spiro atoms. The number of carbonyl (C=O) groups excluding carboxylic acids is 1. The molecule has 2 heterocycles. The highest BCUT2D eigenvalue weighted by molar-refractivity contribution is 5.92. The van der Waals surface area contributed by atoms with E-state index in [9.17, 15) is 4.79 Å². The molecule has 0 unspecified atom stereocenters. The molecular weight excluding hydrogens is 352 g/mol. The maximum absolute atomic E-state index is 12.8. The molecule has 2 aromatic carbocycles. The minimum absolute atomic E-state index is 0.0717. The number of rotatable bonds is 5. The van der Waals surface area contributed by atoms with Crippen LogP contribution in [0.5, 0.6) is 5.75 Å². The summed E-state index contributed by atoms with van der Waals surface area (Å²) in [5.74, 6) is 1.71. The molecule has 28 heavy (non-hydrogen) atoms. The number of hydrogen-bond donors (Lipinski definition) is 0. The van der Waals surface area contributed by atoms with Crippen LogP contribution in [0.25, 0.3) is 11.3 Å². The lowest BCUT2D eigenvalue weighted by Crippen LogP contribution is -2.38.